The number of ether oxygens (including phenoxy) is 1. The molecule has 0 heterocycles. The molecule has 2 aromatic carbocycles. The van der Waals surface area contributed by atoms with Gasteiger partial charge in [0.2, 0.25) is 5.78 Å². The van der Waals surface area contributed by atoms with Crippen molar-refractivity contribution in [2.24, 2.45) is 0 Å². The first-order valence-corrected chi connectivity index (χ1v) is 7.86. The molecule has 0 radical (unpaired) electrons. The monoisotopic (exact) mass is 326 g/mol. The van der Waals surface area contributed by atoms with Gasteiger partial charge in [0.15, 0.2) is 5.78 Å². The van der Waals surface area contributed by atoms with Crippen LogP contribution in [0.4, 0.5) is 0 Å². The molecule has 1 aliphatic rings. The van der Waals surface area contributed by atoms with Gasteiger partial charge in [-0.1, -0.05) is 13.3 Å². The second kappa shape index (κ2) is 6.00. The Bertz CT molecular complexity index is 851. The average molecular weight is 326 g/mol. The number of hydrogen-bond acceptors (Lipinski definition) is 5. The summed E-state index contributed by atoms with van der Waals surface area (Å²) in [5.41, 5.74) is 0.775. The van der Waals surface area contributed by atoms with Crippen LogP contribution in [-0.2, 0) is 0 Å². The summed E-state index contributed by atoms with van der Waals surface area (Å²) >= 11 is 0. The van der Waals surface area contributed by atoms with Crippen LogP contribution in [0.15, 0.2) is 24.3 Å². The third kappa shape index (κ3) is 2.52. The lowest BCUT2D eigenvalue weighted by molar-refractivity contribution is 0.0973. The minimum atomic E-state index is -0.560. The predicted octanol–water partition coefficient (Wildman–Crippen LogP) is 3.36. The number of aryl methyl sites for hydroxylation is 1. The summed E-state index contributed by atoms with van der Waals surface area (Å²) in [5.74, 6) is -1.19. The van der Waals surface area contributed by atoms with Crippen molar-refractivity contribution in [3.8, 4) is 17.2 Å². The summed E-state index contributed by atoms with van der Waals surface area (Å²) < 4.78 is 5.54. The molecular formula is C19H18O5. The number of fused-ring (bicyclic) bond motifs is 2. The van der Waals surface area contributed by atoms with Gasteiger partial charge in [-0.25, -0.2) is 0 Å². The normalized spacial score (nSPS) is 12.8. The Hall–Kier alpha value is -2.82. The second-order valence-electron chi connectivity index (χ2n) is 5.93. The van der Waals surface area contributed by atoms with E-state index in [0.29, 0.717) is 17.9 Å². The van der Waals surface area contributed by atoms with Gasteiger partial charge in [-0.3, -0.25) is 9.59 Å². The van der Waals surface area contributed by atoms with Crippen molar-refractivity contribution in [3.63, 3.8) is 0 Å². The van der Waals surface area contributed by atoms with E-state index in [2.05, 4.69) is 0 Å². The van der Waals surface area contributed by atoms with Crippen molar-refractivity contribution in [1.29, 1.82) is 0 Å². The van der Waals surface area contributed by atoms with Gasteiger partial charge in [0.1, 0.15) is 17.2 Å². The van der Waals surface area contributed by atoms with Gasteiger partial charge >= 0.3 is 0 Å². The number of unbranched alkanes of at least 4 members (excludes halogenated alkanes) is 1. The summed E-state index contributed by atoms with van der Waals surface area (Å²) in [6.07, 6.45) is 1.81. The lowest BCUT2D eigenvalue weighted by atomic mass is 9.82. The van der Waals surface area contributed by atoms with Crippen molar-refractivity contribution >= 4 is 11.6 Å². The van der Waals surface area contributed by atoms with E-state index in [0.717, 1.165) is 12.8 Å². The van der Waals surface area contributed by atoms with Crippen molar-refractivity contribution in [1.82, 2.24) is 0 Å². The number of aromatic hydroxyl groups is 2. The molecule has 0 atom stereocenters. The number of phenols is 2. The fourth-order valence-electron chi connectivity index (χ4n) is 2.89. The Labute approximate surface area is 139 Å². The maximum atomic E-state index is 12.8. The van der Waals surface area contributed by atoms with Crippen LogP contribution in [0.2, 0.25) is 0 Å². The molecule has 24 heavy (non-hydrogen) atoms. The molecule has 5 nitrogen and oxygen atoms in total. The van der Waals surface area contributed by atoms with Gasteiger partial charge in [0.05, 0.1) is 17.7 Å². The highest BCUT2D eigenvalue weighted by Gasteiger charge is 2.35. The number of carbonyl (C=O) groups excluding carboxylic acids is 2. The highest BCUT2D eigenvalue weighted by atomic mass is 16.5. The Morgan fingerprint density at radius 3 is 2.21 bits per heavy atom. The lowest BCUT2D eigenvalue weighted by Gasteiger charge is -2.20. The van der Waals surface area contributed by atoms with Crippen LogP contribution in [0.3, 0.4) is 0 Å². The molecule has 0 unspecified atom stereocenters. The molecule has 0 aliphatic heterocycles. The zero-order chi connectivity index (χ0) is 17.4. The van der Waals surface area contributed by atoms with Crippen molar-refractivity contribution in [3.05, 3.63) is 52.1 Å². The van der Waals surface area contributed by atoms with Crippen LogP contribution in [0.5, 0.6) is 17.2 Å². The smallest absolute Gasteiger partial charge is 0.201 e. The summed E-state index contributed by atoms with van der Waals surface area (Å²) in [4.78, 5) is 25.4. The molecule has 0 amide bonds. The summed E-state index contributed by atoms with van der Waals surface area (Å²) in [5, 5.41) is 20.3. The first-order chi connectivity index (χ1) is 11.4. The van der Waals surface area contributed by atoms with Crippen LogP contribution < -0.4 is 4.74 Å². The minimum Gasteiger partial charge on any atom is -0.507 e. The van der Waals surface area contributed by atoms with Crippen LogP contribution in [-0.4, -0.2) is 28.4 Å². The molecule has 1 aliphatic carbocycles. The molecule has 2 N–H and O–H groups in total. The molecule has 124 valence electrons. The SMILES string of the molecule is CCCCOc1cc(O)c2c(c1)C(=O)c1cc(C)cc(O)c1C2=O. The van der Waals surface area contributed by atoms with Crippen LogP contribution in [0, 0.1) is 6.92 Å². The molecule has 5 heteroatoms. The van der Waals surface area contributed by atoms with Gasteiger partial charge < -0.3 is 14.9 Å². The number of rotatable bonds is 4. The van der Waals surface area contributed by atoms with E-state index in [1.54, 1.807) is 13.0 Å². The fraction of sp³-hybridized carbons (Fsp3) is 0.263. The third-order valence-electron chi connectivity index (χ3n) is 4.06. The molecule has 0 aromatic heterocycles. The van der Waals surface area contributed by atoms with E-state index in [9.17, 15) is 19.8 Å². The highest BCUT2D eigenvalue weighted by Crippen LogP contribution is 2.39. The molecule has 2 aromatic rings. The molecule has 0 bridgehead atoms. The molecule has 0 saturated carbocycles. The molecular weight excluding hydrogens is 308 g/mol. The second-order valence-corrected chi connectivity index (χ2v) is 5.93. The molecule has 0 spiro atoms. The summed E-state index contributed by atoms with van der Waals surface area (Å²) in [6.45, 7) is 4.23. The number of hydrogen-bond donors (Lipinski definition) is 2. The Morgan fingerprint density at radius 2 is 1.54 bits per heavy atom. The zero-order valence-corrected chi connectivity index (χ0v) is 13.5. The molecule has 0 saturated heterocycles. The van der Waals surface area contributed by atoms with Crippen molar-refractivity contribution in [2.75, 3.05) is 6.61 Å². The van der Waals surface area contributed by atoms with E-state index < -0.39 is 11.6 Å². The lowest BCUT2D eigenvalue weighted by Crippen LogP contribution is -2.21. The molecule has 0 fully saturated rings. The minimum absolute atomic E-state index is 0.0620. The largest absolute Gasteiger partial charge is 0.507 e. The van der Waals surface area contributed by atoms with E-state index in [1.165, 1.54) is 18.2 Å². The topological polar surface area (TPSA) is 83.8 Å². The maximum absolute atomic E-state index is 12.8. The quantitative estimate of drug-likeness (QED) is 0.718. The number of benzene rings is 2. The maximum Gasteiger partial charge on any atom is 0.201 e. The van der Waals surface area contributed by atoms with E-state index in [1.807, 2.05) is 6.92 Å². The Kier molecular flexibility index (Phi) is 4.01. The van der Waals surface area contributed by atoms with Crippen LogP contribution >= 0.6 is 0 Å². The van der Waals surface area contributed by atoms with E-state index in [-0.39, 0.29) is 33.8 Å². The van der Waals surface area contributed by atoms with E-state index >= 15 is 0 Å². The van der Waals surface area contributed by atoms with Gasteiger partial charge in [-0.2, -0.15) is 0 Å². The van der Waals surface area contributed by atoms with Crippen LogP contribution in [0.1, 0.15) is 57.2 Å². The number of ketones is 2. The average Bonchev–Trinajstić information content (AvgIpc) is 2.51. The standard InChI is InChI=1S/C19H18O5/c1-3-4-5-24-11-8-13-17(15(21)9-11)19(23)16-12(18(13)22)6-10(2)7-14(16)20/h6-9,20-21H,3-5H2,1-2H3. The highest BCUT2D eigenvalue weighted by molar-refractivity contribution is 6.30. The fourth-order valence-corrected chi connectivity index (χ4v) is 2.89. The third-order valence-corrected chi connectivity index (χ3v) is 4.06. The Balaban J connectivity index is 2.12. The van der Waals surface area contributed by atoms with Crippen molar-refractivity contribution in [2.45, 2.75) is 26.7 Å². The number of carbonyl (C=O) groups is 2. The Morgan fingerprint density at radius 1 is 0.917 bits per heavy atom. The van der Waals surface area contributed by atoms with Gasteiger partial charge in [0, 0.05) is 17.2 Å². The molecule has 3 rings (SSSR count). The summed E-state index contributed by atoms with van der Waals surface area (Å²) in [6, 6.07) is 5.80. The van der Waals surface area contributed by atoms with E-state index in [4.69, 9.17) is 4.74 Å². The summed E-state index contributed by atoms with van der Waals surface area (Å²) in [7, 11) is 0. The first kappa shape index (κ1) is 16.1. The van der Waals surface area contributed by atoms with Gasteiger partial charge in [-0.05, 0) is 37.1 Å². The van der Waals surface area contributed by atoms with Gasteiger partial charge in [-0.15, -0.1) is 0 Å². The van der Waals surface area contributed by atoms with Crippen LogP contribution in [0.25, 0.3) is 0 Å². The number of phenolic OH excluding ortho intramolecular Hbond substituents is 2. The predicted molar refractivity (Wildman–Crippen MR) is 88.2 cm³/mol. The van der Waals surface area contributed by atoms with Crippen molar-refractivity contribution < 1.29 is 24.5 Å². The van der Waals surface area contributed by atoms with Gasteiger partial charge in [0.25, 0.3) is 0 Å². The zero-order valence-electron chi connectivity index (χ0n) is 13.5. The first-order valence-electron chi connectivity index (χ1n) is 7.86.